The van der Waals surface area contributed by atoms with E-state index in [-0.39, 0.29) is 11.7 Å². The predicted molar refractivity (Wildman–Crippen MR) is 90.1 cm³/mol. The van der Waals surface area contributed by atoms with E-state index in [4.69, 9.17) is 4.74 Å². The highest BCUT2D eigenvalue weighted by molar-refractivity contribution is 6.00. The summed E-state index contributed by atoms with van der Waals surface area (Å²) in [5.41, 5.74) is 2.99. The molecular weight excluding hydrogens is 290 g/mol. The van der Waals surface area contributed by atoms with Gasteiger partial charge in [0.05, 0.1) is 5.69 Å². The molecule has 1 N–H and O–H groups in total. The molecule has 1 amide bonds. The highest BCUT2D eigenvalue weighted by atomic mass is 16.5. The number of carbonyl (C=O) groups is 1. The van der Waals surface area contributed by atoms with Crippen LogP contribution in [0.15, 0.2) is 42.5 Å². The number of fused-ring (bicyclic) bond motifs is 1. The van der Waals surface area contributed by atoms with E-state index in [0.29, 0.717) is 24.4 Å². The standard InChI is InChI=1S/C19H21NO3/c1-3-13-5-7-14(8-6-13)11-18-19(22)20(4-2)16-12-15(21)9-10-17(16)23-18/h5-10,12,18,21H,3-4,11H2,1-2H3. The first kappa shape index (κ1) is 15.4. The lowest BCUT2D eigenvalue weighted by atomic mass is 10.0. The fourth-order valence-corrected chi connectivity index (χ4v) is 2.89. The van der Waals surface area contributed by atoms with E-state index in [1.807, 2.05) is 6.92 Å². The molecule has 0 radical (unpaired) electrons. The fraction of sp³-hybridized carbons (Fsp3) is 0.316. The van der Waals surface area contributed by atoms with Gasteiger partial charge in [-0.3, -0.25) is 4.79 Å². The molecule has 1 unspecified atom stereocenters. The van der Waals surface area contributed by atoms with Crippen LogP contribution in [0.1, 0.15) is 25.0 Å². The van der Waals surface area contributed by atoms with Crippen LogP contribution in [0.3, 0.4) is 0 Å². The second kappa shape index (κ2) is 6.32. The number of phenols is 1. The summed E-state index contributed by atoms with van der Waals surface area (Å²) in [5.74, 6) is 0.705. The number of hydrogen-bond donors (Lipinski definition) is 1. The number of hydrogen-bond acceptors (Lipinski definition) is 3. The first-order valence-electron chi connectivity index (χ1n) is 8.01. The third-order valence-corrected chi connectivity index (χ3v) is 4.21. The van der Waals surface area contributed by atoms with Crippen LogP contribution in [0.5, 0.6) is 11.5 Å². The molecule has 1 heterocycles. The van der Waals surface area contributed by atoms with Crippen molar-refractivity contribution in [2.24, 2.45) is 0 Å². The van der Waals surface area contributed by atoms with Crippen molar-refractivity contribution in [2.45, 2.75) is 32.8 Å². The molecule has 0 fully saturated rings. The van der Waals surface area contributed by atoms with Crippen LogP contribution >= 0.6 is 0 Å². The second-order valence-corrected chi connectivity index (χ2v) is 5.72. The molecule has 0 aromatic heterocycles. The van der Waals surface area contributed by atoms with Crippen LogP contribution in [0.25, 0.3) is 0 Å². The van der Waals surface area contributed by atoms with Gasteiger partial charge in [-0.25, -0.2) is 0 Å². The van der Waals surface area contributed by atoms with Gasteiger partial charge >= 0.3 is 0 Å². The van der Waals surface area contributed by atoms with Gasteiger partial charge in [0.1, 0.15) is 11.5 Å². The SMILES string of the molecule is CCc1ccc(CC2Oc3ccc(O)cc3N(CC)C2=O)cc1. The maximum Gasteiger partial charge on any atom is 0.268 e. The molecule has 0 saturated heterocycles. The molecule has 0 saturated carbocycles. The molecule has 1 aliphatic rings. The van der Waals surface area contributed by atoms with Gasteiger partial charge in [-0.05, 0) is 36.6 Å². The number of amides is 1. The molecule has 4 nitrogen and oxygen atoms in total. The minimum absolute atomic E-state index is 0.0647. The van der Waals surface area contributed by atoms with Crippen LogP contribution in [-0.2, 0) is 17.6 Å². The number of carbonyl (C=O) groups excluding carboxylic acids is 1. The normalized spacial score (nSPS) is 16.9. The molecule has 2 aromatic rings. The number of nitrogens with zero attached hydrogens (tertiary/aromatic N) is 1. The largest absolute Gasteiger partial charge is 0.508 e. The molecule has 0 aliphatic carbocycles. The predicted octanol–water partition coefficient (Wildman–Crippen LogP) is 3.31. The zero-order valence-corrected chi connectivity index (χ0v) is 13.5. The molecule has 23 heavy (non-hydrogen) atoms. The monoisotopic (exact) mass is 311 g/mol. The number of anilines is 1. The summed E-state index contributed by atoms with van der Waals surface area (Å²) in [6.45, 7) is 4.59. The third-order valence-electron chi connectivity index (χ3n) is 4.21. The van der Waals surface area contributed by atoms with Crippen molar-refractivity contribution in [3.8, 4) is 11.5 Å². The van der Waals surface area contributed by atoms with Gasteiger partial charge in [-0.1, -0.05) is 31.2 Å². The Balaban J connectivity index is 1.86. The van der Waals surface area contributed by atoms with Gasteiger partial charge in [-0.2, -0.15) is 0 Å². The third kappa shape index (κ3) is 3.02. The minimum Gasteiger partial charge on any atom is -0.508 e. The number of benzene rings is 2. The molecular formula is C19H21NO3. The first-order valence-corrected chi connectivity index (χ1v) is 8.01. The lowest BCUT2D eigenvalue weighted by Crippen LogP contribution is -2.46. The van der Waals surface area contributed by atoms with Gasteiger partial charge in [-0.15, -0.1) is 0 Å². The van der Waals surface area contributed by atoms with Crippen molar-refractivity contribution < 1.29 is 14.6 Å². The topological polar surface area (TPSA) is 49.8 Å². The lowest BCUT2D eigenvalue weighted by molar-refractivity contribution is -0.126. The van der Waals surface area contributed by atoms with Gasteiger partial charge < -0.3 is 14.7 Å². The zero-order valence-electron chi connectivity index (χ0n) is 13.5. The van der Waals surface area contributed by atoms with Crippen LogP contribution in [0.2, 0.25) is 0 Å². The number of rotatable bonds is 4. The van der Waals surface area contributed by atoms with E-state index in [9.17, 15) is 9.90 Å². The minimum atomic E-state index is -0.528. The summed E-state index contributed by atoms with van der Waals surface area (Å²) in [7, 11) is 0. The molecule has 1 atom stereocenters. The average Bonchev–Trinajstić information content (AvgIpc) is 2.57. The van der Waals surface area contributed by atoms with E-state index in [1.54, 1.807) is 23.1 Å². The van der Waals surface area contributed by atoms with Gasteiger partial charge in [0, 0.05) is 19.0 Å². The average molecular weight is 311 g/mol. The van der Waals surface area contributed by atoms with Crippen molar-refractivity contribution in [3.05, 3.63) is 53.6 Å². The summed E-state index contributed by atoms with van der Waals surface area (Å²) in [6.07, 6.45) is 1.01. The number of ether oxygens (including phenoxy) is 1. The summed E-state index contributed by atoms with van der Waals surface area (Å²) < 4.78 is 5.89. The number of aryl methyl sites for hydroxylation is 1. The Bertz CT molecular complexity index is 709. The van der Waals surface area contributed by atoms with E-state index in [2.05, 4.69) is 31.2 Å². The summed E-state index contributed by atoms with van der Waals surface area (Å²) in [5, 5.41) is 9.64. The van der Waals surface area contributed by atoms with Crippen LogP contribution in [0.4, 0.5) is 5.69 Å². The molecule has 3 rings (SSSR count). The Morgan fingerprint density at radius 3 is 2.43 bits per heavy atom. The number of likely N-dealkylation sites (N-methyl/N-ethyl adjacent to an activating group) is 1. The van der Waals surface area contributed by atoms with Gasteiger partial charge in [0.15, 0.2) is 6.10 Å². The van der Waals surface area contributed by atoms with Gasteiger partial charge in [0.2, 0.25) is 0 Å². The molecule has 4 heteroatoms. The van der Waals surface area contributed by atoms with E-state index < -0.39 is 6.10 Å². The Labute approximate surface area is 136 Å². The molecule has 1 aliphatic heterocycles. The van der Waals surface area contributed by atoms with E-state index >= 15 is 0 Å². The number of phenolic OH excluding ortho intramolecular Hbond substituents is 1. The molecule has 120 valence electrons. The maximum absolute atomic E-state index is 12.7. The molecule has 0 spiro atoms. The summed E-state index contributed by atoms with van der Waals surface area (Å²) >= 11 is 0. The molecule has 0 bridgehead atoms. The zero-order chi connectivity index (χ0) is 16.4. The van der Waals surface area contributed by atoms with Crippen LogP contribution in [0, 0.1) is 0 Å². The van der Waals surface area contributed by atoms with Crippen molar-refractivity contribution in [3.63, 3.8) is 0 Å². The highest BCUT2D eigenvalue weighted by Crippen LogP contribution is 2.37. The smallest absolute Gasteiger partial charge is 0.268 e. The quantitative estimate of drug-likeness (QED) is 0.942. The number of aromatic hydroxyl groups is 1. The highest BCUT2D eigenvalue weighted by Gasteiger charge is 2.33. The van der Waals surface area contributed by atoms with Gasteiger partial charge in [0.25, 0.3) is 5.91 Å². The Morgan fingerprint density at radius 1 is 1.09 bits per heavy atom. The lowest BCUT2D eigenvalue weighted by Gasteiger charge is -2.34. The van der Waals surface area contributed by atoms with Crippen molar-refractivity contribution in [1.82, 2.24) is 0 Å². The van der Waals surface area contributed by atoms with Crippen molar-refractivity contribution in [2.75, 3.05) is 11.4 Å². The van der Waals surface area contributed by atoms with E-state index in [1.165, 1.54) is 5.56 Å². The Kier molecular flexibility index (Phi) is 4.24. The van der Waals surface area contributed by atoms with E-state index in [0.717, 1.165) is 12.0 Å². The Morgan fingerprint density at radius 2 is 1.78 bits per heavy atom. The second-order valence-electron chi connectivity index (χ2n) is 5.72. The first-order chi connectivity index (χ1) is 11.1. The maximum atomic E-state index is 12.7. The van der Waals surface area contributed by atoms with Crippen LogP contribution < -0.4 is 9.64 Å². The van der Waals surface area contributed by atoms with Crippen molar-refractivity contribution in [1.29, 1.82) is 0 Å². The van der Waals surface area contributed by atoms with Crippen LogP contribution in [-0.4, -0.2) is 23.7 Å². The Hall–Kier alpha value is -2.49. The summed E-state index contributed by atoms with van der Waals surface area (Å²) in [6, 6.07) is 13.2. The summed E-state index contributed by atoms with van der Waals surface area (Å²) in [4.78, 5) is 14.3. The van der Waals surface area contributed by atoms with Crippen molar-refractivity contribution >= 4 is 11.6 Å². The fourth-order valence-electron chi connectivity index (χ4n) is 2.89. The molecule has 2 aromatic carbocycles.